The fourth-order valence-electron chi connectivity index (χ4n) is 1.47. The largest absolute Gasteiger partial charge is 0.477 e. The van der Waals surface area contributed by atoms with Crippen LogP contribution in [0.25, 0.3) is 0 Å². The molecule has 0 aliphatic rings. The summed E-state index contributed by atoms with van der Waals surface area (Å²) < 4.78 is 13.5. The fraction of sp³-hybridized carbons (Fsp3) is 0. The summed E-state index contributed by atoms with van der Waals surface area (Å²) in [5.41, 5.74) is -0.255. The number of anilines is 1. The summed E-state index contributed by atoms with van der Waals surface area (Å²) >= 11 is 5.60. The van der Waals surface area contributed by atoms with Crippen molar-refractivity contribution in [2.24, 2.45) is 0 Å². The molecular weight excluding hydrogens is 287 g/mol. The Morgan fingerprint density at radius 3 is 2.65 bits per heavy atom. The van der Waals surface area contributed by atoms with E-state index in [0.717, 1.165) is 12.1 Å². The molecule has 1 aromatic carbocycles. The van der Waals surface area contributed by atoms with Gasteiger partial charge in [-0.3, -0.25) is 4.79 Å². The van der Waals surface area contributed by atoms with E-state index in [1.54, 1.807) is 0 Å². The molecule has 0 atom stereocenters. The maximum Gasteiger partial charge on any atom is 0.354 e. The smallest absolute Gasteiger partial charge is 0.354 e. The van der Waals surface area contributed by atoms with E-state index in [-0.39, 0.29) is 22.0 Å². The monoisotopic (exact) mass is 294 g/mol. The number of amides is 1. The van der Waals surface area contributed by atoms with E-state index < -0.39 is 17.7 Å². The van der Waals surface area contributed by atoms with Crippen LogP contribution >= 0.6 is 11.6 Å². The maximum atomic E-state index is 13.5. The summed E-state index contributed by atoms with van der Waals surface area (Å²) in [5, 5.41) is 11.3. The van der Waals surface area contributed by atoms with Gasteiger partial charge in [0.2, 0.25) is 0 Å². The average Bonchev–Trinajstić information content (AvgIpc) is 2.42. The molecule has 20 heavy (non-hydrogen) atoms. The van der Waals surface area contributed by atoms with Crippen molar-refractivity contribution in [3.8, 4) is 0 Å². The minimum atomic E-state index is -1.25. The highest BCUT2D eigenvalue weighted by atomic mass is 35.5. The SMILES string of the molecule is O=C(Nc1ccc(Cl)cc1F)c1ccnc(C(=O)O)c1. The number of pyridine rings is 1. The highest BCUT2D eigenvalue weighted by Gasteiger charge is 2.12. The number of carbonyl (C=O) groups is 2. The van der Waals surface area contributed by atoms with Crippen LogP contribution in [0.4, 0.5) is 10.1 Å². The zero-order chi connectivity index (χ0) is 14.7. The van der Waals surface area contributed by atoms with Crippen molar-refractivity contribution < 1.29 is 19.1 Å². The summed E-state index contributed by atoms with van der Waals surface area (Å²) in [6.07, 6.45) is 1.19. The number of halogens is 2. The van der Waals surface area contributed by atoms with Crippen LogP contribution in [-0.4, -0.2) is 22.0 Å². The number of benzene rings is 1. The van der Waals surface area contributed by atoms with E-state index in [9.17, 15) is 14.0 Å². The Balaban J connectivity index is 2.24. The number of carbonyl (C=O) groups excluding carboxylic acids is 1. The van der Waals surface area contributed by atoms with Crippen LogP contribution in [0.1, 0.15) is 20.8 Å². The predicted octanol–water partition coefficient (Wildman–Crippen LogP) is 2.82. The van der Waals surface area contributed by atoms with Gasteiger partial charge >= 0.3 is 5.97 Å². The second-order valence-electron chi connectivity index (χ2n) is 3.81. The third-order valence-corrected chi connectivity index (χ3v) is 2.66. The Labute approximate surface area is 118 Å². The molecule has 102 valence electrons. The number of carboxylic acid groups (broad SMARTS) is 1. The minimum absolute atomic E-state index is 0.0481. The molecule has 0 saturated heterocycles. The Morgan fingerprint density at radius 2 is 2.00 bits per heavy atom. The molecular formula is C13H8ClFN2O3. The van der Waals surface area contributed by atoms with Gasteiger partial charge in [0.15, 0.2) is 0 Å². The number of hydrogen-bond acceptors (Lipinski definition) is 3. The molecule has 1 heterocycles. The third-order valence-electron chi connectivity index (χ3n) is 2.42. The van der Waals surface area contributed by atoms with E-state index >= 15 is 0 Å². The first-order valence-electron chi connectivity index (χ1n) is 5.43. The van der Waals surface area contributed by atoms with Crippen LogP contribution in [0.3, 0.4) is 0 Å². The van der Waals surface area contributed by atoms with Crippen LogP contribution in [0.15, 0.2) is 36.5 Å². The Hall–Kier alpha value is -2.47. The van der Waals surface area contributed by atoms with Gasteiger partial charge in [0.05, 0.1) is 5.69 Å². The quantitative estimate of drug-likeness (QED) is 0.912. The van der Waals surface area contributed by atoms with Crippen molar-refractivity contribution in [2.75, 3.05) is 5.32 Å². The van der Waals surface area contributed by atoms with Gasteiger partial charge in [-0.2, -0.15) is 0 Å². The van der Waals surface area contributed by atoms with Crippen LogP contribution in [0, 0.1) is 5.82 Å². The second kappa shape index (κ2) is 5.66. The molecule has 2 N–H and O–H groups in total. The number of rotatable bonds is 3. The molecule has 1 aromatic heterocycles. The molecule has 0 fully saturated rings. The van der Waals surface area contributed by atoms with Gasteiger partial charge in [-0.1, -0.05) is 11.6 Å². The standard InChI is InChI=1S/C13H8ClFN2O3/c14-8-1-2-10(9(15)6-8)17-12(18)7-3-4-16-11(5-7)13(19)20/h1-6H,(H,17,18)(H,19,20). The first kappa shape index (κ1) is 14.0. The van der Waals surface area contributed by atoms with Crippen LogP contribution in [-0.2, 0) is 0 Å². The molecule has 0 spiro atoms. The Bertz CT molecular complexity index is 691. The van der Waals surface area contributed by atoms with Crippen LogP contribution in [0.2, 0.25) is 5.02 Å². The van der Waals surface area contributed by atoms with Crippen LogP contribution in [0.5, 0.6) is 0 Å². The number of carboxylic acids is 1. The van der Waals surface area contributed by atoms with E-state index in [1.807, 2.05) is 0 Å². The predicted molar refractivity (Wildman–Crippen MR) is 70.6 cm³/mol. The minimum Gasteiger partial charge on any atom is -0.477 e. The number of hydrogen-bond donors (Lipinski definition) is 2. The first-order valence-corrected chi connectivity index (χ1v) is 5.81. The molecule has 0 unspecified atom stereocenters. The highest BCUT2D eigenvalue weighted by molar-refractivity contribution is 6.30. The summed E-state index contributed by atoms with van der Waals surface area (Å²) in [4.78, 5) is 26.2. The lowest BCUT2D eigenvalue weighted by molar-refractivity contribution is 0.0690. The molecule has 0 aliphatic heterocycles. The van der Waals surface area contributed by atoms with Gasteiger partial charge in [-0.25, -0.2) is 14.2 Å². The topological polar surface area (TPSA) is 79.3 Å². The van der Waals surface area contributed by atoms with Gasteiger partial charge < -0.3 is 10.4 Å². The molecule has 2 rings (SSSR count). The van der Waals surface area contributed by atoms with Crippen molar-refractivity contribution in [3.05, 3.63) is 58.6 Å². The normalized spacial score (nSPS) is 10.1. The summed E-state index contributed by atoms with van der Waals surface area (Å²) in [6.45, 7) is 0. The molecule has 5 nitrogen and oxygen atoms in total. The van der Waals surface area contributed by atoms with Crippen LogP contribution < -0.4 is 5.32 Å². The maximum absolute atomic E-state index is 13.5. The number of nitrogens with one attached hydrogen (secondary N) is 1. The Morgan fingerprint density at radius 1 is 1.25 bits per heavy atom. The average molecular weight is 295 g/mol. The lowest BCUT2D eigenvalue weighted by Crippen LogP contribution is -2.14. The van der Waals surface area contributed by atoms with Crippen molar-refractivity contribution in [2.45, 2.75) is 0 Å². The molecule has 7 heteroatoms. The van der Waals surface area contributed by atoms with Crippen molar-refractivity contribution >= 4 is 29.2 Å². The highest BCUT2D eigenvalue weighted by Crippen LogP contribution is 2.19. The molecule has 0 saturated carbocycles. The van der Waals surface area contributed by atoms with Crippen molar-refractivity contribution in [1.29, 1.82) is 0 Å². The van der Waals surface area contributed by atoms with Gasteiger partial charge in [0, 0.05) is 16.8 Å². The fourth-order valence-corrected chi connectivity index (χ4v) is 1.63. The summed E-state index contributed by atoms with van der Waals surface area (Å²) in [7, 11) is 0. The number of nitrogens with zero attached hydrogens (tertiary/aromatic N) is 1. The molecule has 2 aromatic rings. The summed E-state index contributed by atoms with van der Waals surface area (Å²) in [5.74, 6) is -2.58. The Kier molecular flexibility index (Phi) is 3.95. The van der Waals surface area contributed by atoms with E-state index in [0.29, 0.717) is 0 Å². The molecule has 0 bridgehead atoms. The van der Waals surface area contributed by atoms with Gasteiger partial charge in [-0.05, 0) is 30.3 Å². The van der Waals surface area contributed by atoms with Gasteiger partial charge in [0.25, 0.3) is 5.91 Å². The lowest BCUT2D eigenvalue weighted by atomic mass is 10.2. The molecule has 0 aliphatic carbocycles. The van der Waals surface area contributed by atoms with E-state index in [4.69, 9.17) is 16.7 Å². The summed E-state index contributed by atoms with van der Waals surface area (Å²) in [6, 6.07) is 6.23. The second-order valence-corrected chi connectivity index (χ2v) is 4.25. The molecule has 1 amide bonds. The third kappa shape index (κ3) is 3.10. The zero-order valence-electron chi connectivity index (χ0n) is 9.93. The lowest BCUT2D eigenvalue weighted by Gasteiger charge is -2.07. The number of aromatic nitrogens is 1. The zero-order valence-corrected chi connectivity index (χ0v) is 10.7. The van der Waals surface area contributed by atoms with Gasteiger partial charge in [-0.15, -0.1) is 0 Å². The van der Waals surface area contributed by atoms with Crippen molar-refractivity contribution in [3.63, 3.8) is 0 Å². The van der Waals surface area contributed by atoms with Gasteiger partial charge in [0.1, 0.15) is 11.5 Å². The van der Waals surface area contributed by atoms with E-state index in [2.05, 4.69) is 10.3 Å². The first-order chi connectivity index (χ1) is 9.47. The van der Waals surface area contributed by atoms with Crippen molar-refractivity contribution in [1.82, 2.24) is 4.98 Å². The molecule has 0 radical (unpaired) electrons. The van der Waals surface area contributed by atoms with E-state index in [1.165, 1.54) is 24.4 Å². The number of aromatic carboxylic acids is 1.